The quantitative estimate of drug-likeness (QED) is 0.307. The third-order valence-corrected chi connectivity index (χ3v) is 8.43. The van der Waals surface area contributed by atoms with Crippen LogP contribution >= 0.6 is 11.6 Å². The maximum atomic E-state index is 13.4. The van der Waals surface area contributed by atoms with E-state index >= 15 is 0 Å². The minimum atomic E-state index is -4.09. The van der Waals surface area contributed by atoms with Crippen LogP contribution in [0.4, 0.5) is 4.79 Å². The lowest BCUT2D eigenvalue weighted by Gasteiger charge is -2.29. The van der Waals surface area contributed by atoms with Gasteiger partial charge < -0.3 is 15.4 Å². The van der Waals surface area contributed by atoms with Crippen molar-refractivity contribution in [3.8, 4) is 0 Å². The average molecular weight is 627 g/mol. The highest BCUT2D eigenvalue weighted by molar-refractivity contribution is 7.89. The molecule has 0 aliphatic carbocycles. The van der Waals surface area contributed by atoms with E-state index in [2.05, 4.69) is 15.5 Å². The van der Waals surface area contributed by atoms with Crippen molar-refractivity contribution in [1.82, 2.24) is 20.5 Å². The van der Waals surface area contributed by atoms with Crippen LogP contribution in [0.25, 0.3) is 10.8 Å². The number of nitrogens with zero attached hydrogens (tertiary/aromatic N) is 1. The first-order chi connectivity index (χ1) is 20.2. The molecule has 0 fully saturated rings. The Morgan fingerprint density at radius 2 is 1.67 bits per heavy atom. The van der Waals surface area contributed by atoms with Gasteiger partial charge in [-0.3, -0.25) is 14.6 Å². The Labute approximate surface area is 256 Å². The summed E-state index contributed by atoms with van der Waals surface area (Å²) in [6, 6.07) is 17.2. The zero-order valence-electron chi connectivity index (χ0n) is 24.5. The first-order valence-electron chi connectivity index (χ1n) is 13.7. The summed E-state index contributed by atoms with van der Waals surface area (Å²) < 4.78 is 31.9. The van der Waals surface area contributed by atoms with Crippen LogP contribution in [0.15, 0.2) is 76.7 Å². The van der Waals surface area contributed by atoms with E-state index in [-0.39, 0.29) is 36.5 Å². The molecule has 3 aromatic rings. The van der Waals surface area contributed by atoms with Crippen LogP contribution in [0, 0.1) is 0 Å². The monoisotopic (exact) mass is 626 g/mol. The van der Waals surface area contributed by atoms with Crippen molar-refractivity contribution in [3.05, 3.63) is 88.0 Å². The molecule has 1 heterocycles. The Morgan fingerprint density at radius 3 is 2.42 bits per heavy atom. The molecule has 3 N–H and O–H groups in total. The fraction of sp³-hybridized carbons (Fsp3) is 0.323. The number of alkyl carbamates (subject to hydrolysis) is 1. The number of rotatable bonds is 9. The Balaban J connectivity index is 1.41. The van der Waals surface area contributed by atoms with Crippen molar-refractivity contribution in [2.24, 2.45) is 0 Å². The van der Waals surface area contributed by atoms with Gasteiger partial charge in [0.1, 0.15) is 5.60 Å². The van der Waals surface area contributed by atoms with E-state index in [4.69, 9.17) is 16.3 Å². The van der Waals surface area contributed by atoms with E-state index in [9.17, 15) is 22.8 Å². The number of ether oxygens (including phenoxy) is 1. The zero-order valence-corrected chi connectivity index (χ0v) is 26.1. The second-order valence-corrected chi connectivity index (χ2v) is 13.3. The number of hydrogen-bond acceptors (Lipinski definition) is 6. The van der Waals surface area contributed by atoms with Gasteiger partial charge >= 0.3 is 6.09 Å². The molecule has 0 saturated carbocycles. The largest absolute Gasteiger partial charge is 0.444 e. The minimum Gasteiger partial charge on any atom is -0.444 e. The Hall–Kier alpha value is -3.93. The Morgan fingerprint density at radius 1 is 0.977 bits per heavy atom. The van der Waals surface area contributed by atoms with Gasteiger partial charge in [-0.15, -0.1) is 4.83 Å². The summed E-state index contributed by atoms with van der Waals surface area (Å²) >= 11 is 6.18. The molecule has 4 rings (SSSR count). The summed E-state index contributed by atoms with van der Waals surface area (Å²) in [5.74, 6) is -1.000. The molecule has 43 heavy (non-hydrogen) atoms. The summed E-state index contributed by atoms with van der Waals surface area (Å²) in [5, 5.41) is 8.30. The number of amides is 3. The van der Waals surface area contributed by atoms with E-state index in [1.165, 1.54) is 6.07 Å². The van der Waals surface area contributed by atoms with E-state index in [0.29, 0.717) is 28.0 Å². The van der Waals surface area contributed by atoms with Gasteiger partial charge in [0.15, 0.2) is 0 Å². The van der Waals surface area contributed by atoms with Gasteiger partial charge in [-0.25, -0.2) is 13.2 Å². The highest BCUT2D eigenvalue weighted by Crippen LogP contribution is 2.25. The molecular weight excluding hydrogens is 592 g/mol. The normalized spacial score (nSPS) is 14.2. The van der Waals surface area contributed by atoms with Gasteiger partial charge in [0, 0.05) is 35.6 Å². The van der Waals surface area contributed by atoms with Gasteiger partial charge in [0.25, 0.3) is 15.9 Å². The van der Waals surface area contributed by atoms with Crippen LogP contribution in [-0.4, -0.2) is 43.5 Å². The van der Waals surface area contributed by atoms with Crippen LogP contribution in [0.1, 0.15) is 51.7 Å². The number of halogens is 1. The maximum absolute atomic E-state index is 13.4. The lowest BCUT2D eigenvalue weighted by molar-refractivity contribution is -0.131. The van der Waals surface area contributed by atoms with E-state index in [1.54, 1.807) is 64.1 Å². The molecule has 12 heteroatoms. The van der Waals surface area contributed by atoms with Crippen molar-refractivity contribution >= 4 is 50.3 Å². The molecule has 228 valence electrons. The predicted octanol–water partition coefficient (Wildman–Crippen LogP) is 4.97. The number of carbonyl (C=O) groups excluding carboxylic acids is 3. The Bertz CT molecular complexity index is 1690. The molecule has 0 spiro atoms. The summed E-state index contributed by atoms with van der Waals surface area (Å²) in [6.45, 7) is 7.45. The SMILES string of the molecule is CC1=C(CC(=O)NCc2cc(Cl)ccc2CNC(=O)OC(C)(C)C)C(=O)N(NS(=O)(=O)c2cccc3ccccc23)CC1. The number of sulfonamides is 1. The Kier molecular flexibility index (Phi) is 9.79. The molecule has 10 nitrogen and oxygen atoms in total. The van der Waals surface area contributed by atoms with Crippen molar-refractivity contribution < 1.29 is 27.5 Å². The fourth-order valence-corrected chi connectivity index (χ4v) is 6.14. The number of hydrazine groups is 1. The van der Waals surface area contributed by atoms with Crippen LogP contribution < -0.4 is 15.5 Å². The molecule has 0 unspecified atom stereocenters. The van der Waals surface area contributed by atoms with Crippen molar-refractivity contribution in [2.75, 3.05) is 6.54 Å². The van der Waals surface area contributed by atoms with E-state index in [0.717, 1.165) is 16.0 Å². The molecule has 0 saturated heterocycles. The molecular formula is C31H35ClN4O6S. The van der Waals surface area contributed by atoms with Gasteiger partial charge in [-0.2, -0.15) is 0 Å². The molecule has 3 amide bonds. The van der Waals surface area contributed by atoms with Crippen LogP contribution in [0.2, 0.25) is 5.02 Å². The molecule has 0 aromatic heterocycles. The lowest BCUT2D eigenvalue weighted by atomic mass is 9.98. The van der Waals surface area contributed by atoms with Gasteiger partial charge in [-0.1, -0.05) is 59.6 Å². The number of benzene rings is 3. The second-order valence-electron chi connectivity index (χ2n) is 11.3. The first kappa shape index (κ1) is 32.0. The standard InChI is InChI=1S/C31H35ClN4O6S/c1-20-14-15-36(35-43(40,41)27-11-7-9-21-8-5-6-10-25(21)27)29(38)26(20)17-28(37)33-19-23-16-24(32)13-12-22(23)18-34-30(39)42-31(2,3)4/h5-13,16,35H,14-15,17-19H2,1-4H3,(H,33,37)(H,34,39). The highest BCUT2D eigenvalue weighted by atomic mass is 35.5. The molecule has 0 radical (unpaired) electrons. The maximum Gasteiger partial charge on any atom is 0.407 e. The molecule has 0 atom stereocenters. The number of nitrogens with one attached hydrogen (secondary N) is 3. The fourth-order valence-electron chi connectivity index (χ4n) is 4.65. The smallest absolute Gasteiger partial charge is 0.407 e. The van der Waals surface area contributed by atoms with Crippen LogP contribution in [0.3, 0.4) is 0 Å². The summed E-state index contributed by atoms with van der Waals surface area (Å²) in [4.78, 5) is 40.9. The molecule has 0 bridgehead atoms. The minimum absolute atomic E-state index is 0.0578. The topological polar surface area (TPSA) is 134 Å². The van der Waals surface area contributed by atoms with E-state index < -0.39 is 33.5 Å². The lowest BCUT2D eigenvalue weighted by Crippen LogP contribution is -2.49. The van der Waals surface area contributed by atoms with Gasteiger partial charge in [0.05, 0.1) is 11.3 Å². The van der Waals surface area contributed by atoms with E-state index in [1.807, 2.05) is 18.2 Å². The van der Waals surface area contributed by atoms with Crippen LogP contribution in [0.5, 0.6) is 0 Å². The highest BCUT2D eigenvalue weighted by Gasteiger charge is 2.31. The number of hydrogen-bond donors (Lipinski definition) is 3. The molecule has 3 aromatic carbocycles. The van der Waals surface area contributed by atoms with Gasteiger partial charge in [-0.05, 0) is 68.8 Å². The number of fused-ring (bicyclic) bond motifs is 1. The summed E-state index contributed by atoms with van der Waals surface area (Å²) in [5.41, 5.74) is 1.71. The van der Waals surface area contributed by atoms with Crippen molar-refractivity contribution in [2.45, 2.75) is 64.1 Å². The summed E-state index contributed by atoms with van der Waals surface area (Å²) in [7, 11) is -4.09. The van der Waals surface area contributed by atoms with Crippen molar-refractivity contribution in [3.63, 3.8) is 0 Å². The zero-order chi connectivity index (χ0) is 31.4. The third kappa shape index (κ3) is 8.34. The number of carbonyl (C=O) groups is 3. The molecule has 1 aliphatic heterocycles. The predicted molar refractivity (Wildman–Crippen MR) is 164 cm³/mol. The van der Waals surface area contributed by atoms with Crippen LogP contribution in [-0.2, 0) is 37.4 Å². The van der Waals surface area contributed by atoms with Crippen molar-refractivity contribution in [1.29, 1.82) is 0 Å². The molecule has 1 aliphatic rings. The average Bonchev–Trinajstić information content (AvgIpc) is 2.94. The van der Waals surface area contributed by atoms with Gasteiger partial charge in [0.2, 0.25) is 5.91 Å². The summed E-state index contributed by atoms with van der Waals surface area (Å²) in [6.07, 6.45) is -0.402. The second kappa shape index (κ2) is 13.2. The first-order valence-corrected chi connectivity index (χ1v) is 15.6. The third-order valence-electron chi connectivity index (χ3n) is 6.80.